The van der Waals surface area contributed by atoms with Crippen molar-refractivity contribution in [3.63, 3.8) is 0 Å². The van der Waals surface area contributed by atoms with E-state index in [2.05, 4.69) is 41.9 Å². The van der Waals surface area contributed by atoms with E-state index in [0.717, 1.165) is 19.4 Å². The highest BCUT2D eigenvalue weighted by Gasteiger charge is 2.35. The molecule has 0 radical (unpaired) electrons. The van der Waals surface area contributed by atoms with Crippen LogP contribution >= 0.6 is 15.9 Å². The highest BCUT2D eigenvalue weighted by atomic mass is 79.9. The summed E-state index contributed by atoms with van der Waals surface area (Å²) in [6.07, 6.45) is 8.27. The van der Waals surface area contributed by atoms with Crippen LogP contribution in [-0.4, -0.2) is 35.0 Å². The lowest BCUT2D eigenvalue weighted by atomic mass is 9.94. The molecule has 0 N–H and O–H groups in total. The van der Waals surface area contributed by atoms with E-state index in [4.69, 9.17) is 4.74 Å². The second-order valence-corrected chi connectivity index (χ2v) is 8.28. The maximum absolute atomic E-state index is 12.2. The molecule has 0 saturated carbocycles. The van der Waals surface area contributed by atoms with Crippen LogP contribution in [0.1, 0.15) is 57.9 Å². The minimum atomic E-state index is -0.161. The standard InChI is InChI=1S/C21H32BrNO2/c1-3-5-6-10-13-18(4-2)20(22)15-23-19(16-25-21(23)24)14-17-11-8-7-9-12-17/h7-9,11-12,18-20H,3-6,10,13-16H2,1-2H3/t18?,19?,20-/m1/s1. The highest BCUT2D eigenvalue weighted by molar-refractivity contribution is 9.09. The van der Waals surface area contributed by atoms with E-state index in [1.54, 1.807) is 0 Å². The molecular weight excluding hydrogens is 378 g/mol. The smallest absolute Gasteiger partial charge is 0.410 e. The van der Waals surface area contributed by atoms with Crippen LogP contribution in [0.4, 0.5) is 4.79 Å². The maximum atomic E-state index is 12.2. The Hall–Kier alpha value is -1.03. The van der Waals surface area contributed by atoms with Crippen LogP contribution in [0.2, 0.25) is 0 Å². The first kappa shape index (κ1) is 20.3. The predicted octanol–water partition coefficient (Wildman–Crippen LogP) is 5.81. The van der Waals surface area contributed by atoms with E-state index in [9.17, 15) is 4.79 Å². The van der Waals surface area contributed by atoms with Crippen molar-refractivity contribution in [2.24, 2.45) is 5.92 Å². The van der Waals surface area contributed by atoms with Crippen LogP contribution in [0, 0.1) is 5.92 Å². The van der Waals surface area contributed by atoms with Gasteiger partial charge in [-0.25, -0.2) is 4.79 Å². The van der Waals surface area contributed by atoms with Crippen molar-refractivity contribution in [2.75, 3.05) is 13.2 Å². The second-order valence-electron chi connectivity index (χ2n) is 7.11. The average molecular weight is 410 g/mol. The number of halogens is 1. The van der Waals surface area contributed by atoms with Gasteiger partial charge >= 0.3 is 6.09 Å². The number of hydrogen-bond acceptors (Lipinski definition) is 2. The van der Waals surface area contributed by atoms with Gasteiger partial charge in [0, 0.05) is 11.4 Å². The first-order valence-electron chi connectivity index (χ1n) is 9.77. The Morgan fingerprint density at radius 1 is 1.20 bits per heavy atom. The number of hydrogen-bond donors (Lipinski definition) is 0. The van der Waals surface area contributed by atoms with Crippen molar-refractivity contribution < 1.29 is 9.53 Å². The minimum Gasteiger partial charge on any atom is -0.447 e. The zero-order valence-electron chi connectivity index (χ0n) is 15.6. The number of benzene rings is 1. The summed E-state index contributed by atoms with van der Waals surface area (Å²) >= 11 is 3.87. The number of amides is 1. The summed E-state index contributed by atoms with van der Waals surface area (Å²) in [5, 5.41) is 0. The topological polar surface area (TPSA) is 29.5 Å². The third-order valence-electron chi connectivity index (χ3n) is 5.22. The van der Waals surface area contributed by atoms with Crippen molar-refractivity contribution in [3.05, 3.63) is 35.9 Å². The van der Waals surface area contributed by atoms with Crippen LogP contribution in [0.25, 0.3) is 0 Å². The fourth-order valence-electron chi connectivity index (χ4n) is 3.58. The SMILES string of the molecule is CCCCCCC(CC)[C@H](Br)CN1C(=O)OCC1Cc1ccccc1. The van der Waals surface area contributed by atoms with Crippen LogP contribution in [0.3, 0.4) is 0 Å². The van der Waals surface area contributed by atoms with E-state index in [1.165, 1.54) is 37.7 Å². The molecule has 0 bridgehead atoms. The molecule has 1 fully saturated rings. The Bertz CT molecular complexity index is 508. The molecule has 0 spiro atoms. The second kappa shape index (κ2) is 10.8. The minimum absolute atomic E-state index is 0.146. The van der Waals surface area contributed by atoms with Gasteiger partial charge in [0.15, 0.2) is 0 Å². The summed E-state index contributed by atoms with van der Waals surface area (Å²) in [4.78, 5) is 14.5. The molecular formula is C21H32BrNO2. The van der Waals surface area contributed by atoms with Crippen molar-refractivity contribution in [1.29, 1.82) is 0 Å². The molecule has 1 aliphatic heterocycles. The lowest BCUT2D eigenvalue weighted by Crippen LogP contribution is -2.40. The van der Waals surface area contributed by atoms with Gasteiger partial charge in [-0.1, -0.05) is 92.2 Å². The molecule has 0 aromatic heterocycles. The lowest BCUT2D eigenvalue weighted by molar-refractivity contribution is 0.156. The number of cyclic esters (lactones) is 1. The van der Waals surface area contributed by atoms with Gasteiger partial charge in [-0.05, 0) is 24.3 Å². The molecule has 1 aromatic rings. The Labute approximate surface area is 161 Å². The molecule has 3 atom stereocenters. The number of carbonyl (C=O) groups is 1. The van der Waals surface area contributed by atoms with E-state index in [-0.39, 0.29) is 12.1 Å². The van der Waals surface area contributed by atoms with Crippen LogP contribution < -0.4 is 0 Å². The van der Waals surface area contributed by atoms with Crippen molar-refractivity contribution in [3.8, 4) is 0 Å². The summed E-state index contributed by atoms with van der Waals surface area (Å²) in [5.74, 6) is 0.614. The highest BCUT2D eigenvalue weighted by Crippen LogP contribution is 2.27. The molecule has 2 unspecified atom stereocenters. The van der Waals surface area contributed by atoms with Gasteiger partial charge in [-0.2, -0.15) is 0 Å². The number of ether oxygens (including phenoxy) is 1. The molecule has 1 heterocycles. The number of carbonyl (C=O) groups excluding carboxylic acids is 1. The first-order valence-corrected chi connectivity index (χ1v) is 10.7. The van der Waals surface area contributed by atoms with Crippen molar-refractivity contribution in [2.45, 2.75) is 69.7 Å². The first-order chi connectivity index (χ1) is 12.2. The lowest BCUT2D eigenvalue weighted by Gasteiger charge is -2.28. The van der Waals surface area contributed by atoms with Gasteiger partial charge in [-0.15, -0.1) is 0 Å². The van der Waals surface area contributed by atoms with Gasteiger partial charge < -0.3 is 9.64 Å². The monoisotopic (exact) mass is 409 g/mol. The quantitative estimate of drug-likeness (QED) is 0.340. The zero-order chi connectivity index (χ0) is 18.1. The summed E-state index contributed by atoms with van der Waals surface area (Å²) in [6.45, 7) is 5.74. The maximum Gasteiger partial charge on any atom is 0.410 e. The third-order valence-corrected chi connectivity index (χ3v) is 6.26. The molecule has 2 rings (SSSR count). The molecule has 25 heavy (non-hydrogen) atoms. The number of unbranched alkanes of at least 4 members (excludes halogenated alkanes) is 3. The average Bonchev–Trinajstić information content (AvgIpc) is 2.96. The number of rotatable bonds is 11. The molecule has 1 saturated heterocycles. The molecule has 3 nitrogen and oxygen atoms in total. The molecule has 1 amide bonds. The Balaban J connectivity index is 1.89. The van der Waals surface area contributed by atoms with E-state index < -0.39 is 0 Å². The van der Waals surface area contributed by atoms with Crippen molar-refractivity contribution in [1.82, 2.24) is 4.90 Å². The number of nitrogens with zero attached hydrogens (tertiary/aromatic N) is 1. The van der Waals surface area contributed by atoms with Gasteiger partial charge in [0.1, 0.15) is 6.61 Å². The summed E-state index contributed by atoms with van der Waals surface area (Å²) < 4.78 is 5.34. The van der Waals surface area contributed by atoms with Gasteiger partial charge in [-0.3, -0.25) is 0 Å². The van der Waals surface area contributed by atoms with Crippen molar-refractivity contribution >= 4 is 22.0 Å². The molecule has 4 heteroatoms. The fourth-order valence-corrected chi connectivity index (χ4v) is 4.53. The van der Waals surface area contributed by atoms with E-state index >= 15 is 0 Å². The van der Waals surface area contributed by atoms with Gasteiger partial charge in [0.25, 0.3) is 0 Å². The predicted molar refractivity (Wildman–Crippen MR) is 107 cm³/mol. The zero-order valence-corrected chi connectivity index (χ0v) is 17.2. The van der Waals surface area contributed by atoms with E-state index in [1.807, 2.05) is 23.1 Å². The Morgan fingerprint density at radius 2 is 1.96 bits per heavy atom. The summed E-state index contributed by atoms with van der Waals surface area (Å²) in [7, 11) is 0. The summed E-state index contributed by atoms with van der Waals surface area (Å²) in [5.41, 5.74) is 1.26. The Kier molecular flexibility index (Phi) is 8.80. The fraction of sp³-hybridized carbons (Fsp3) is 0.667. The summed E-state index contributed by atoms with van der Waals surface area (Å²) in [6, 6.07) is 10.5. The largest absolute Gasteiger partial charge is 0.447 e. The molecule has 1 aliphatic rings. The Morgan fingerprint density at radius 3 is 2.64 bits per heavy atom. The van der Waals surface area contributed by atoms with Crippen LogP contribution in [-0.2, 0) is 11.2 Å². The molecule has 140 valence electrons. The normalized spacial score (nSPS) is 19.7. The van der Waals surface area contributed by atoms with Crippen LogP contribution in [0.15, 0.2) is 30.3 Å². The van der Waals surface area contributed by atoms with E-state index in [0.29, 0.717) is 17.4 Å². The third kappa shape index (κ3) is 6.32. The van der Waals surface area contributed by atoms with Gasteiger partial charge in [0.05, 0.1) is 6.04 Å². The van der Waals surface area contributed by atoms with Crippen LogP contribution in [0.5, 0.6) is 0 Å². The number of alkyl halides is 1. The van der Waals surface area contributed by atoms with Gasteiger partial charge in [0.2, 0.25) is 0 Å². The molecule has 1 aromatic carbocycles. The molecule has 0 aliphatic carbocycles.